The summed E-state index contributed by atoms with van der Waals surface area (Å²) in [5.41, 5.74) is 6.73. The predicted molar refractivity (Wildman–Crippen MR) is 91.9 cm³/mol. The maximum absolute atomic E-state index is 12.6. The van der Waals surface area contributed by atoms with Crippen molar-refractivity contribution >= 4 is 17.6 Å². The van der Waals surface area contributed by atoms with Gasteiger partial charge in [0.05, 0.1) is 23.1 Å². The minimum Gasteiger partial charge on any atom is -0.366 e. The first kappa shape index (κ1) is 16.7. The Hall–Kier alpha value is -2.15. The molecule has 3 amide bonds. The standard InChI is InChI=1S/C17H25N5O2/c1-11-7-14(21-5-3-4-6-21)10-22(11)17(24)20-13-8-15(16(18)23)12(2)19-9-13/h8-9,11,14H,3-7,10H2,1-2H3,(H2,18,23)(H,20,24). The van der Waals surface area contributed by atoms with Crippen LogP contribution >= 0.6 is 0 Å². The van der Waals surface area contributed by atoms with Crippen molar-refractivity contribution < 1.29 is 9.59 Å². The summed E-state index contributed by atoms with van der Waals surface area (Å²) in [6, 6.07) is 2.09. The molecule has 2 atom stereocenters. The minimum atomic E-state index is -0.542. The largest absolute Gasteiger partial charge is 0.366 e. The molecule has 3 rings (SSSR count). The molecular formula is C17H25N5O2. The van der Waals surface area contributed by atoms with Gasteiger partial charge in [-0.05, 0) is 52.3 Å². The number of carbonyl (C=O) groups is 2. The highest BCUT2D eigenvalue weighted by Gasteiger charge is 2.36. The molecule has 2 aliphatic heterocycles. The Balaban J connectivity index is 1.66. The molecule has 0 radical (unpaired) electrons. The normalized spacial score (nSPS) is 24.3. The molecule has 0 saturated carbocycles. The van der Waals surface area contributed by atoms with Crippen LogP contribution in [0.3, 0.4) is 0 Å². The van der Waals surface area contributed by atoms with Gasteiger partial charge < -0.3 is 16.0 Å². The van der Waals surface area contributed by atoms with Gasteiger partial charge in [-0.3, -0.25) is 14.7 Å². The van der Waals surface area contributed by atoms with Gasteiger partial charge in [0.15, 0.2) is 0 Å². The summed E-state index contributed by atoms with van der Waals surface area (Å²) < 4.78 is 0. The average molecular weight is 331 g/mol. The van der Waals surface area contributed by atoms with Crippen LogP contribution in [0.1, 0.15) is 42.2 Å². The maximum atomic E-state index is 12.6. The van der Waals surface area contributed by atoms with E-state index in [0.29, 0.717) is 23.0 Å². The molecule has 3 heterocycles. The van der Waals surface area contributed by atoms with E-state index >= 15 is 0 Å². The van der Waals surface area contributed by atoms with Crippen molar-refractivity contribution in [2.45, 2.75) is 45.2 Å². The number of carbonyl (C=O) groups excluding carboxylic acids is 2. The lowest BCUT2D eigenvalue weighted by Crippen LogP contribution is -2.40. The molecule has 0 bridgehead atoms. The molecule has 24 heavy (non-hydrogen) atoms. The van der Waals surface area contributed by atoms with Crippen LogP contribution in [0, 0.1) is 6.92 Å². The summed E-state index contributed by atoms with van der Waals surface area (Å²) >= 11 is 0. The number of amides is 3. The van der Waals surface area contributed by atoms with Gasteiger partial charge in [-0.15, -0.1) is 0 Å². The van der Waals surface area contributed by atoms with Crippen molar-refractivity contribution in [2.24, 2.45) is 5.73 Å². The van der Waals surface area contributed by atoms with E-state index < -0.39 is 5.91 Å². The number of rotatable bonds is 3. The Bertz CT molecular complexity index is 642. The van der Waals surface area contributed by atoms with E-state index in [-0.39, 0.29) is 12.1 Å². The first-order valence-corrected chi connectivity index (χ1v) is 8.54. The van der Waals surface area contributed by atoms with Gasteiger partial charge in [-0.25, -0.2) is 4.79 Å². The zero-order valence-corrected chi connectivity index (χ0v) is 14.3. The molecule has 0 aromatic carbocycles. The van der Waals surface area contributed by atoms with E-state index in [4.69, 9.17) is 5.73 Å². The van der Waals surface area contributed by atoms with Gasteiger partial charge in [0.2, 0.25) is 0 Å². The number of aryl methyl sites for hydroxylation is 1. The number of likely N-dealkylation sites (tertiary alicyclic amines) is 2. The lowest BCUT2D eigenvalue weighted by molar-refractivity contribution is 0.0999. The lowest BCUT2D eigenvalue weighted by Gasteiger charge is -2.24. The number of anilines is 1. The third kappa shape index (κ3) is 3.36. The van der Waals surface area contributed by atoms with Crippen molar-refractivity contribution in [3.8, 4) is 0 Å². The summed E-state index contributed by atoms with van der Waals surface area (Å²) in [4.78, 5) is 32.5. The van der Waals surface area contributed by atoms with Crippen LogP contribution in [-0.4, -0.2) is 58.4 Å². The Labute approximate surface area is 142 Å². The summed E-state index contributed by atoms with van der Waals surface area (Å²) in [5, 5.41) is 2.85. The van der Waals surface area contributed by atoms with Crippen LogP contribution in [0.25, 0.3) is 0 Å². The quantitative estimate of drug-likeness (QED) is 0.879. The topological polar surface area (TPSA) is 91.6 Å². The highest BCUT2D eigenvalue weighted by Crippen LogP contribution is 2.25. The predicted octanol–water partition coefficient (Wildman–Crippen LogP) is 1.58. The molecule has 1 aromatic rings. The maximum Gasteiger partial charge on any atom is 0.322 e. The first-order chi connectivity index (χ1) is 11.5. The molecule has 130 valence electrons. The molecule has 0 spiro atoms. The van der Waals surface area contributed by atoms with Gasteiger partial charge in [0, 0.05) is 18.6 Å². The molecular weight excluding hydrogens is 306 g/mol. The van der Waals surface area contributed by atoms with Crippen LogP contribution in [0.5, 0.6) is 0 Å². The molecule has 2 aliphatic rings. The fourth-order valence-electron chi connectivity index (χ4n) is 3.70. The molecule has 2 unspecified atom stereocenters. The van der Waals surface area contributed by atoms with Gasteiger partial charge in [0.1, 0.15) is 0 Å². The molecule has 1 aromatic heterocycles. The van der Waals surface area contributed by atoms with Crippen LogP contribution in [0.2, 0.25) is 0 Å². The molecule has 7 heteroatoms. The van der Waals surface area contributed by atoms with E-state index in [1.807, 2.05) is 4.90 Å². The molecule has 7 nitrogen and oxygen atoms in total. The van der Waals surface area contributed by atoms with Gasteiger partial charge in [0.25, 0.3) is 5.91 Å². The number of hydrogen-bond acceptors (Lipinski definition) is 4. The molecule has 2 saturated heterocycles. The highest BCUT2D eigenvalue weighted by molar-refractivity contribution is 5.96. The van der Waals surface area contributed by atoms with Crippen LogP contribution < -0.4 is 11.1 Å². The lowest BCUT2D eigenvalue weighted by atomic mass is 10.2. The van der Waals surface area contributed by atoms with Crippen molar-refractivity contribution in [3.63, 3.8) is 0 Å². The molecule has 0 aliphatic carbocycles. The van der Waals surface area contributed by atoms with Gasteiger partial charge in [-0.1, -0.05) is 0 Å². The summed E-state index contributed by atoms with van der Waals surface area (Å²) in [7, 11) is 0. The second kappa shape index (κ2) is 6.76. The summed E-state index contributed by atoms with van der Waals surface area (Å²) in [5.74, 6) is -0.542. The fraction of sp³-hybridized carbons (Fsp3) is 0.588. The Kier molecular flexibility index (Phi) is 4.71. The van der Waals surface area contributed by atoms with Gasteiger partial charge in [-0.2, -0.15) is 0 Å². The zero-order chi connectivity index (χ0) is 17.3. The van der Waals surface area contributed by atoms with Gasteiger partial charge >= 0.3 is 6.03 Å². The first-order valence-electron chi connectivity index (χ1n) is 8.54. The highest BCUT2D eigenvalue weighted by atomic mass is 16.2. The number of nitrogens with two attached hydrogens (primary N) is 1. The minimum absolute atomic E-state index is 0.148. The average Bonchev–Trinajstić information content (AvgIpc) is 3.18. The zero-order valence-electron chi connectivity index (χ0n) is 14.3. The number of hydrogen-bond donors (Lipinski definition) is 2. The third-order valence-electron chi connectivity index (χ3n) is 5.07. The van der Waals surface area contributed by atoms with E-state index in [9.17, 15) is 9.59 Å². The summed E-state index contributed by atoms with van der Waals surface area (Å²) in [6.45, 7) is 6.81. The van der Waals surface area contributed by atoms with Crippen molar-refractivity contribution in [1.29, 1.82) is 0 Å². The number of urea groups is 1. The second-order valence-electron chi connectivity index (χ2n) is 6.79. The number of aromatic nitrogens is 1. The van der Waals surface area contributed by atoms with Crippen molar-refractivity contribution in [1.82, 2.24) is 14.8 Å². The number of nitrogens with one attached hydrogen (secondary N) is 1. The van der Waals surface area contributed by atoms with Crippen LogP contribution in [-0.2, 0) is 0 Å². The number of pyridine rings is 1. The Morgan fingerprint density at radius 2 is 2.04 bits per heavy atom. The molecule has 2 fully saturated rings. The smallest absolute Gasteiger partial charge is 0.322 e. The Morgan fingerprint density at radius 1 is 1.33 bits per heavy atom. The van der Waals surface area contributed by atoms with E-state index in [1.165, 1.54) is 12.8 Å². The monoisotopic (exact) mass is 331 g/mol. The molecule has 3 N–H and O–H groups in total. The second-order valence-corrected chi connectivity index (χ2v) is 6.79. The Morgan fingerprint density at radius 3 is 2.71 bits per heavy atom. The van der Waals surface area contributed by atoms with Crippen molar-refractivity contribution in [2.75, 3.05) is 25.0 Å². The van der Waals surface area contributed by atoms with Crippen LogP contribution in [0.15, 0.2) is 12.3 Å². The van der Waals surface area contributed by atoms with E-state index in [1.54, 1.807) is 19.2 Å². The van der Waals surface area contributed by atoms with E-state index in [0.717, 1.165) is 26.1 Å². The van der Waals surface area contributed by atoms with Crippen LogP contribution in [0.4, 0.5) is 10.5 Å². The number of nitrogens with zero attached hydrogens (tertiary/aromatic N) is 3. The fourth-order valence-corrected chi connectivity index (χ4v) is 3.70. The summed E-state index contributed by atoms with van der Waals surface area (Å²) in [6.07, 6.45) is 5.06. The van der Waals surface area contributed by atoms with E-state index in [2.05, 4.69) is 22.1 Å². The van der Waals surface area contributed by atoms with Crippen molar-refractivity contribution in [3.05, 3.63) is 23.5 Å². The third-order valence-corrected chi connectivity index (χ3v) is 5.07. The SMILES string of the molecule is Cc1ncc(NC(=O)N2CC(N3CCCC3)CC2C)cc1C(N)=O. The number of primary amides is 1.